The molecule has 0 bridgehead atoms. The average molecular weight is 311 g/mol. The lowest BCUT2D eigenvalue weighted by atomic mass is 9.80. The summed E-state index contributed by atoms with van der Waals surface area (Å²) in [5.74, 6) is 3.07. The highest BCUT2D eigenvalue weighted by Gasteiger charge is 2.25. The molecule has 1 heterocycles. The molecule has 1 aliphatic carbocycles. The van der Waals surface area contributed by atoms with Crippen molar-refractivity contribution in [1.82, 2.24) is 9.97 Å². The van der Waals surface area contributed by atoms with Crippen molar-refractivity contribution < 1.29 is 4.74 Å². The summed E-state index contributed by atoms with van der Waals surface area (Å²) in [6.07, 6.45) is 5.57. The number of hydrogen-bond donors (Lipinski definition) is 1. The van der Waals surface area contributed by atoms with E-state index in [2.05, 4.69) is 29.1 Å². The normalized spacial score (nSPS) is 24.2. The van der Waals surface area contributed by atoms with E-state index in [0.29, 0.717) is 12.0 Å². The minimum atomic E-state index is 0.470. The van der Waals surface area contributed by atoms with Crippen LogP contribution in [0.5, 0.6) is 5.75 Å². The number of nitrogens with one attached hydrogen (secondary N) is 1. The minimum Gasteiger partial charge on any atom is -0.497 e. The quantitative estimate of drug-likeness (QED) is 0.909. The maximum Gasteiger partial charge on any atom is 0.223 e. The molecule has 1 N–H and O–H groups in total. The number of ether oxygens (including phenoxy) is 1. The molecule has 0 radical (unpaired) electrons. The van der Waals surface area contributed by atoms with Gasteiger partial charge >= 0.3 is 0 Å². The van der Waals surface area contributed by atoms with Gasteiger partial charge in [-0.2, -0.15) is 0 Å². The standard InChI is InChI=1S/C19H25N3O/c1-13-4-9-17(14(2)12-13)21-19-20-11-10-18(22-19)15-5-7-16(23-3)8-6-15/h5-8,10-11,13-14,17H,4,9,12H2,1-3H3,(H,20,21,22). The Morgan fingerprint density at radius 3 is 2.57 bits per heavy atom. The van der Waals surface area contributed by atoms with Crippen LogP contribution in [0, 0.1) is 11.8 Å². The Hall–Kier alpha value is -2.10. The second kappa shape index (κ2) is 6.99. The van der Waals surface area contributed by atoms with Gasteiger partial charge in [0.1, 0.15) is 5.75 Å². The summed E-state index contributed by atoms with van der Waals surface area (Å²) in [5, 5.41) is 3.54. The van der Waals surface area contributed by atoms with Gasteiger partial charge < -0.3 is 10.1 Å². The molecule has 1 aromatic carbocycles. The van der Waals surface area contributed by atoms with Crippen molar-refractivity contribution in [2.24, 2.45) is 11.8 Å². The third-order valence-corrected chi connectivity index (χ3v) is 4.79. The molecule has 0 spiro atoms. The van der Waals surface area contributed by atoms with Gasteiger partial charge in [-0.15, -0.1) is 0 Å². The highest BCUT2D eigenvalue weighted by atomic mass is 16.5. The van der Waals surface area contributed by atoms with Crippen LogP contribution in [0.1, 0.15) is 33.1 Å². The highest BCUT2D eigenvalue weighted by molar-refractivity contribution is 5.61. The molecule has 3 atom stereocenters. The lowest BCUT2D eigenvalue weighted by Crippen LogP contribution is -2.33. The summed E-state index contributed by atoms with van der Waals surface area (Å²) >= 11 is 0. The SMILES string of the molecule is COc1ccc(-c2ccnc(NC3CCC(C)CC3C)n2)cc1. The Kier molecular flexibility index (Phi) is 4.79. The Bertz CT molecular complexity index is 641. The van der Waals surface area contributed by atoms with Crippen molar-refractivity contribution in [3.8, 4) is 17.0 Å². The monoisotopic (exact) mass is 311 g/mol. The van der Waals surface area contributed by atoms with Gasteiger partial charge in [0.05, 0.1) is 12.8 Å². The molecule has 0 amide bonds. The average Bonchev–Trinajstić information content (AvgIpc) is 2.58. The zero-order valence-corrected chi connectivity index (χ0v) is 14.1. The maximum atomic E-state index is 5.20. The summed E-state index contributed by atoms with van der Waals surface area (Å²) < 4.78 is 5.20. The molecule has 1 saturated carbocycles. The van der Waals surface area contributed by atoms with Gasteiger partial charge in [0.25, 0.3) is 0 Å². The van der Waals surface area contributed by atoms with Gasteiger partial charge in [-0.05, 0) is 61.4 Å². The number of aromatic nitrogens is 2. The highest BCUT2D eigenvalue weighted by Crippen LogP contribution is 2.30. The van der Waals surface area contributed by atoms with E-state index in [0.717, 1.165) is 28.9 Å². The smallest absolute Gasteiger partial charge is 0.223 e. The first-order valence-electron chi connectivity index (χ1n) is 8.39. The van der Waals surface area contributed by atoms with E-state index in [1.807, 2.05) is 36.5 Å². The zero-order valence-electron chi connectivity index (χ0n) is 14.1. The summed E-state index contributed by atoms with van der Waals surface area (Å²) in [5.41, 5.74) is 2.00. The Balaban J connectivity index is 1.74. The van der Waals surface area contributed by atoms with Crippen molar-refractivity contribution in [3.05, 3.63) is 36.5 Å². The van der Waals surface area contributed by atoms with Crippen LogP contribution in [0.3, 0.4) is 0 Å². The van der Waals surface area contributed by atoms with Crippen LogP contribution < -0.4 is 10.1 Å². The van der Waals surface area contributed by atoms with Gasteiger partial charge in [0, 0.05) is 17.8 Å². The van der Waals surface area contributed by atoms with E-state index in [1.54, 1.807) is 7.11 Å². The van der Waals surface area contributed by atoms with Crippen molar-refractivity contribution in [2.75, 3.05) is 12.4 Å². The van der Waals surface area contributed by atoms with Gasteiger partial charge in [0.15, 0.2) is 0 Å². The molecule has 1 aliphatic rings. The van der Waals surface area contributed by atoms with Gasteiger partial charge in [-0.25, -0.2) is 9.97 Å². The van der Waals surface area contributed by atoms with E-state index in [9.17, 15) is 0 Å². The lowest BCUT2D eigenvalue weighted by molar-refractivity contribution is 0.276. The molecule has 122 valence electrons. The fourth-order valence-electron chi connectivity index (χ4n) is 3.40. The Morgan fingerprint density at radius 2 is 1.87 bits per heavy atom. The van der Waals surface area contributed by atoms with Gasteiger partial charge in [-0.3, -0.25) is 0 Å². The van der Waals surface area contributed by atoms with Crippen LogP contribution in [-0.4, -0.2) is 23.1 Å². The van der Waals surface area contributed by atoms with E-state index in [1.165, 1.54) is 19.3 Å². The fourth-order valence-corrected chi connectivity index (χ4v) is 3.40. The number of rotatable bonds is 4. The second-order valence-electron chi connectivity index (χ2n) is 6.64. The zero-order chi connectivity index (χ0) is 16.2. The summed E-state index contributed by atoms with van der Waals surface area (Å²) in [6, 6.07) is 10.4. The topological polar surface area (TPSA) is 47.0 Å². The van der Waals surface area contributed by atoms with Crippen LogP contribution in [0.2, 0.25) is 0 Å². The first-order valence-corrected chi connectivity index (χ1v) is 8.39. The number of anilines is 1. The third kappa shape index (κ3) is 3.81. The fraction of sp³-hybridized carbons (Fsp3) is 0.474. The molecule has 0 aliphatic heterocycles. The molecule has 23 heavy (non-hydrogen) atoms. The molecular formula is C19H25N3O. The molecule has 0 saturated heterocycles. The predicted molar refractivity (Wildman–Crippen MR) is 93.6 cm³/mol. The summed E-state index contributed by atoms with van der Waals surface area (Å²) in [7, 11) is 1.67. The third-order valence-electron chi connectivity index (χ3n) is 4.79. The predicted octanol–water partition coefficient (Wildman–Crippen LogP) is 4.39. The van der Waals surface area contributed by atoms with Crippen LogP contribution >= 0.6 is 0 Å². The van der Waals surface area contributed by atoms with Gasteiger partial charge in [0.2, 0.25) is 5.95 Å². The van der Waals surface area contributed by atoms with Crippen LogP contribution in [0.25, 0.3) is 11.3 Å². The first-order chi connectivity index (χ1) is 11.2. The number of hydrogen-bond acceptors (Lipinski definition) is 4. The van der Waals surface area contributed by atoms with Crippen molar-refractivity contribution in [1.29, 1.82) is 0 Å². The molecule has 1 fully saturated rings. The van der Waals surface area contributed by atoms with Crippen molar-refractivity contribution in [3.63, 3.8) is 0 Å². The first kappa shape index (κ1) is 15.8. The largest absolute Gasteiger partial charge is 0.497 e. The lowest BCUT2D eigenvalue weighted by Gasteiger charge is -2.33. The van der Waals surface area contributed by atoms with Crippen LogP contribution in [0.4, 0.5) is 5.95 Å². The second-order valence-corrected chi connectivity index (χ2v) is 6.64. The van der Waals surface area contributed by atoms with E-state index >= 15 is 0 Å². The van der Waals surface area contributed by atoms with Crippen molar-refractivity contribution in [2.45, 2.75) is 39.2 Å². The van der Waals surface area contributed by atoms with Crippen LogP contribution in [0.15, 0.2) is 36.5 Å². The van der Waals surface area contributed by atoms with Crippen LogP contribution in [-0.2, 0) is 0 Å². The molecule has 2 aromatic rings. The summed E-state index contributed by atoms with van der Waals surface area (Å²) in [6.45, 7) is 4.66. The Morgan fingerprint density at radius 1 is 1.09 bits per heavy atom. The van der Waals surface area contributed by atoms with E-state index in [4.69, 9.17) is 4.74 Å². The minimum absolute atomic E-state index is 0.470. The molecule has 1 aromatic heterocycles. The Labute approximate surface area is 138 Å². The molecule has 4 heteroatoms. The molecule has 3 unspecified atom stereocenters. The molecular weight excluding hydrogens is 286 g/mol. The number of benzene rings is 1. The summed E-state index contributed by atoms with van der Waals surface area (Å²) in [4.78, 5) is 9.08. The van der Waals surface area contributed by atoms with E-state index < -0.39 is 0 Å². The molecule has 4 nitrogen and oxygen atoms in total. The molecule has 3 rings (SSSR count). The number of methoxy groups -OCH3 is 1. The van der Waals surface area contributed by atoms with E-state index in [-0.39, 0.29) is 0 Å². The van der Waals surface area contributed by atoms with Crippen molar-refractivity contribution >= 4 is 5.95 Å². The number of nitrogens with zero attached hydrogens (tertiary/aromatic N) is 2. The van der Waals surface area contributed by atoms with Gasteiger partial charge in [-0.1, -0.05) is 13.8 Å². The maximum absolute atomic E-state index is 5.20.